The topological polar surface area (TPSA) is 66.9 Å². The zero-order valence-corrected chi connectivity index (χ0v) is 13.9. The fourth-order valence-electron chi connectivity index (χ4n) is 2.27. The summed E-state index contributed by atoms with van der Waals surface area (Å²) in [5, 5.41) is 14.2. The molecule has 0 bridgehead atoms. The summed E-state index contributed by atoms with van der Waals surface area (Å²) >= 11 is 3.44. The first-order chi connectivity index (χ1) is 10.6. The predicted molar refractivity (Wildman–Crippen MR) is 90.2 cm³/mol. The van der Waals surface area contributed by atoms with Crippen LogP contribution in [0.15, 0.2) is 34.8 Å². The quantitative estimate of drug-likeness (QED) is 0.863. The molecule has 0 radical (unpaired) electrons. The molecule has 1 heterocycles. The van der Waals surface area contributed by atoms with E-state index in [-0.39, 0.29) is 11.8 Å². The highest BCUT2D eigenvalue weighted by molar-refractivity contribution is 9.10. The first-order valence-electron chi connectivity index (χ1n) is 7.29. The minimum atomic E-state index is 0.0463. The normalized spacial score (nSPS) is 14.3. The van der Waals surface area contributed by atoms with Gasteiger partial charge in [0.15, 0.2) is 11.6 Å². The maximum atomic E-state index is 11.8. The lowest BCUT2D eigenvalue weighted by Crippen LogP contribution is -2.28. The van der Waals surface area contributed by atoms with E-state index in [0.717, 1.165) is 35.0 Å². The molecule has 2 N–H and O–H groups in total. The van der Waals surface area contributed by atoms with Crippen molar-refractivity contribution in [2.45, 2.75) is 26.2 Å². The molecule has 22 heavy (non-hydrogen) atoms. The maximum absolute atomic E-state index is 11.8. The number of aryl methyl sites for hydroxylation is 1. The van der Waals surface area contributed by atoms with E-state index in [1.807, 2.05) is 31.2 Å². The Kier molecular flexibility index (Phi) is 4.38. The zero-order valence-electron chi connectivity index (χ0n) is 12.3. The molecule has 0 aliphatic heterocycles. The van der Waals surface area contributed by atoms with Gasteiger partial charge < -0.3 is 10.6 Å². The van der Waals surface area contributed by atoms with Crippen molar-refractivity contribution in [2.24, 2.45) is 5.92 Å². The Morgan fingerprint density at radius 2 is 1.91 bits per heavy atom. The highest BCUT2D eigenvalue weighted by atomic mass is 79.9. The van der Waals surface area contributed by atoms with Gasteiger partial charge in [-0.05, 0) is 55.7 Å². The van der Waals surface area contributed by atoms with Crippen molar-refractivity contribution in [3.05, 3.63) is 40.4 Å². The summed E-state index contributed by atoms with van der Waals surface area (Å²) in [5.41, 5.74) is 2.09. The number of nitrogens with one attached hydrogen (secondary N) is 2. The van der Waals surface area contributed by atoms with E-state index >= 15 is 0 Å². The monoisotopic (exact) mass is 360 g/mol. The Bertz CT molecular complexity index is 683. The number of hydrogen-bond donors (Lipinski definition) is 2. The van der Waals surface area contributed by atoms with E-state index in [1.54, 1.807) is 6.07 Å². The minimum Gasteiger partial charge on any atom is -0.339 e. The summed E-state index contributed by atoms with van der Waals surface area (Å²) < 4.78 is 1.04. The SMILES string of the molecule is Cc1cc(Br)ccc1Nc1ccc(NC(=O)C2CCC2)nn1. The Balaban J connectivity index is 1.64. The van der Waals surface area contributed by atoms with Crippen LogP contribution in [0.4, 0.5) is 17.3 Å². The third-order valence-electron chi connectivity index (χ3n) is 3.84. The van der Waals surface area contributed by atoms with Crippen molar-refractivity contribution < 1.29 is 4.79 Å². The van der Waals surface area contributed by atoms with Crippen LogP contribution >= 0.6 is 15.9 Å². The minimum absolute atomic E-state index is 0.0463. The van der Waals surface area contributed by atoms with Gasteiger partial charge in [0.25, 0.3) is 0 Å². The Hall–Kier alpha value is -1.95. The molecule has 1 aliphatic carbocycles. The number of carbonyl (C=O) groups is 1. The molecule has 1 aromatic carbocycles. The Morgan fingerprint density at radius 1 is 1.18 bits per heavy atom. The fraction of sp³-hybridized carbons (Fsp3) is 0.312. The van der Waals surface area contributed by atoms with Crippen molar-refractivity contribution in [3.63, 3.8) is 0 Å². The number of nitrogens with zero attached hydrogens (tertiary/aromatic N) is 2. The molecule has 1 amide bonds. The summed E-state index contributed by atoms with van der Waals surface area (Å²) in [4.78, 5) is 11.8. The molecule has 1 aliphatic rings. The van der Waals surface area contributed by atoms with Gasteiger partial charge in [-0.2, -0.15) is 0 Å². The molecule has 3 rings (SSSR count). The lowest BCUT2D eigenvalue weighted by Gasteiger charge is -2.23. The highest BCUT2D eigenvalue weighted by Gasteiger charge is 2.25. The molecule has 0 atom stereocenters. The summed E-state index contributed by atoms with van der Waals surface area (Å²) in [6.45, 7) is 2.02. The van der Waals surface area contributed by atoms with Gasteiger partial charge in [0.1, 0.15) is 0 Å². The van der Waals surface area contributed by atoms with E-state index in [4.69, 9.17) is 0 Å². The predicted octanol–water partition coefficient (Wildman–Crippen LogP) is 4.03. The highest BCUT2D eigenvalue weighted by Crippen LogP contribution is 2.27. The molecular weight excluding hydrogens is 344 g/mol. The molecule has 1 fully saturated rings. The smallest absolute Gasteiger partial charge is 0.228 e. The fourth-order valence-corrected chi connectivity index (χ4v) is 2.75. The van der Waals surface area contributed by atoms with Gasteiger partial charge in [-0.3, -0.25) is 4.79 Å². The van der Waals surface area contributed by atoms with Crippen LogP contribution in [-0.4, -0.2) is 16.1 Å². The summed E-state index contributed by atoms with van der Waals surface area (Å²) in [5.74, 6) is 1.33. The second-order valence-corrected chi connectivity index (χ2v) is 6.42. The molecule has 5 nitrogen and oxygen atoms in total. The summed E-state index contributed by atoms with van der Waals surface area (Å²) in [6, 6.07) is 9.55. The molecular formula is C16H17BrN4O. The van der Waals surface area contributed by atoms with E-state index in [9.17, 15) is 4.79 Å². The number of carbonyl (C=O) groups excluding carboxylic acids is 1. The van der Waals surface area contributed by atoms with Crippen LogP contribution in [0.2, 0.25) is 0 Å². The largest absolute Gasteiger partial charge is 0.339 e. The molecule has 0 spiro atoms. The Labute approximate surface area is 137 Å². The van der Waals surface area contributed by atoms with Crippen molar-refractivity contribution in [1.82, 2.24) is 10.2 Å². The van der Waals surface area contributed by atoms with Gasteiger partial charge in [-0.15, -0.1) is 10.2 Å². The molecule has 1 saturated carbocycles. The van der Waals surface area contributed by atoms with Gasteiger partial charge in [0, 0.05) is 16.1 Å². The molecule has 6 heteroatoms. The first-order valence-corrected chi connectivity index (χ1v) is 8.09. The summed E-state index contributed by atoms with van der Waals surface area (Å²) in [7, 11) is 0. The van der Waals surface area contributed by atoms with E-state index in [0.29, 0.717) is 11.6 Å². The average Bonchev–Trinajstić information content (AvgIpc) is 2.42. The van der Waals surface area contributed by atoms with E-state index in [1.165, 1.54) is 0 Å². The van der Waals surface area contributed by atoms with Gasteiger partial charge >= 0.3 is 0 Å². The first kappa shape index (κ1) is 15.0. The number of amides is 1. The van der Waals surface area contributed by atoms with Crippen LogP contribution in [0.1, 0.15) is 24.8 Å². The lowest BCUT2D eigenvalue weighted by molar-refractivity contribution is -0.122. The number of hydrogen-bond acceptors (Lipinski definition) is 4. The van der Waals surface area contributed by atoms with Crippen molar-refractivity contribution >= 4 is 39.2 Å². The van der Waals surface area contributed by atoms with Crippen molar-refractivity contribution in [2.75, 3.05) is 10.6 Å². The number of benzene rings is 1. The molecule has 114 valence electrons. The number of halogens is 1. The van der Waals surface area contributed by atoms with E-state index in [2.05, 4.69) is 36.8 Å². The second kappa shape index (κ2) is 6.44. The zero-order chi connectivity index (χ0) is 15.5. The Morgan fingerprint density at radius 3 is 2.50 bits per heavy atom. The number of rotatable bonds is 4. The molecule has 0 saturated heterocycles. The van der Waals surface area contributed by atoms with E-state index < -0.39 is 0 Å². The maximum Gasteiger partial charge on any atom is 0.228 e. The van der Waals surface area contributed by atoms with Crippen molar-refractivity contribution in [3.8, 4) is 0 Å². The standard InChI is InChI=1S/C16H17BrN4O/c1-10-9-12(17)5-6-13(10)18-14-7-8-15(21-20-14)19-16(22)11-3-2-4-11/h5-9,11H,2-4H2,1H3,(H,18,20)(H,19,21,22). The molecule has 0 unspecified atom stereocenters. The van der Waals surface area contributed by atoms with Crippen LogP contribution in [0.5, 0.6) is 0 Å². The van der Waals surface area contributed by atoms with Crippen LogP contribution in [-0.2, 0) is 4.79 Å². The molecule has 1 aromatic heterocycles. The van der Waals surface area contributed by atoms with Crippen LogP contribution in [0, 0.1) is 12.8 Å². The van der Waals surface area contributed by atoms with Crippen LogP contribution < -0.4 is 10.6 Å². The number of anilines is 3. The third-order valence-corrected chi connectivity index (χ3v) is 4.34. The summed E-state index contributed by atoms with van der Waals surface area (Å²) in [6.07, 6.45) is 3.09. The van der Waals surface area contributed by atoms with Gasteiger partial charge in [-0.1, -0.05) is 22.4 Å². The second-order valence-electron chi connectivity index (χ2n) is 5.51. The average molecular weight is 361 g/mol. The van der Waals surface area contributed by atoms with Gasteiger partial charge in [-0.25, -0.2) is 0 Å². The van der Waals surface area contributed by atoms with Crippen molar-refractivity contribution in [1.29, 1.82) is 0 Å². The van der Waals surface area contributed by atoms with Gasteiger partial charge in [0.2, 0.25) is 5.91 Å². The third kappa shape index (κ3) is 3.44. The lowest BCUT2D eigenvalue weighted by atomic mass is 9.85. The van der Waals surface area contributed by atoms with Crippen LogP contribution in [0.3, 0.4) is 0 Å². The van der Waals surface area contributed by atoms with Crippen LogP contribution in [0.25, 0.3) is 0 Å². The van der Waals surface area contributed by atoms with Gasteiger partial charge in [0.05, 0.1) is 0 Å². The molecule has 2 aromatic rings. The number of aromatic nitrogens is 2.